The minimum absolute atomic E-state index is 0.148. The SMILES string of the molecule is C=C[C@]1(C)CC[C@H]2[C@@H](c3c[nH]c4cccc(c34)C2(C)C)[C@H]1[NH2+][CH2-]. The molecule has 1 saturated carbocycles. The number of fused-ring (bicyclic) bond motifs is 2. The fourth-order valence-corrected chi connectivity index (χ4v) is 5.56. The molecule has 1 aromatic carbocycles. The summed E-state index contributed by atoms with van der Waals surface area (Å²) in [6.45, 7) is 11.4. The third-order valence-corrected chi connectivity index (χ3v) is 7.01. The Labute approximate surface area is 139 Å². The number of benzene rings is 1. The zero-order valence-corrected chi connectivity index (χ0v) is 14.5. The number of nitrogens with one attached hydrogen (secondary N) is 1. The van der Waals surface area contributed by atoms with E-state index in [1.54, 1.807) is 0 Å². The summed E-state index contributed by atoms with van der Waals surface area (Å²) in [6.07, 6.45) is 6.89. The van der Waals surface area contributed by atoms with Gasteiger partial charge >= 0.3 is 0 Å². The first-order chi connectivity index (χ1) is 10.9. The smallest absolute Gasteiger partial charge is 0.0782 e. The highest BCUT2D eigenvalue weighted by Crippen LogP contribution is 2.58. The molecule has 4 rings (SSSR count). The first-order valence-electron chi connectivity index (χ1n) is 8.80. The van der Waals surface area contributed by atoms with Crippen molar-refractivity contribution in [3.8, 4) is 0 Å². The average Bonchev–Trinajstić information content (AvgIpc) is 2.97. The van der Waals surface area contributed by atoms with Crippen LogP contribution in [0.15, 0.2) is 37.1 Å². The van der Waals surface area contributed by atoms with Crippen molar-refractivity contribution in [3.63, 3.8) is 0 Å². The number of nitrogens with two attached hydrogens (primary N) is 1. The maximum absolute atomic E-state index is 4.21. The fraction of sp³-hybridized carbons (Fsp3) is 0.476. The van der Waals surface area contributed by atoms with Crippen molar-refractivity contribution in [2.45, 2.75) is 51.0 Å². The molecule has 2 nitrogen and oxygen atoms in total. The Kier molecular flexibility index (Phi) is 3.09. The lowest BCUT2D eigenvalue weighted by atomic mass is 9.51. The summed E-state index contributed by atoms with van der Waals surface area (Å²) in [7, 11) is 4.21. The van der Waals surface area contributed by atoms with Gasteiger partial charge in [0.1, 0.15) is 0 Å². The number of rotatable bonds is 2. The first-order valence-corrected chi connectivity index (χ1v) is 8.80. The summed E-state index contributed by atoms with van der Waals surface area (Å²) < 4.78 is 0. The molecule has 3 N–H and O–H groups in total. The second kappa shape index (κ2) is 4.73. The number of quaternary nitrogens is 1. The van der Waals surface area contributed by atoms with Crippen LogP contribution in [0.4, 0.5) is 0 Å². The Morgan fingerprint density at radius 2 is 2.13 bits per heavy atom. The van der Waals surface area contributed by atoms with E-state index in [-0.39, 0.29) is 10.8 Å². The van der Waals surface area contributed by atoms with Gasteiger partial charge in [0.25, 0.3) is 0 Å². The summed E-state index contributed by atoms with van der Waals surface area (Å²) in [6, 6.07) is 7.18. The first kappa shape index (κ1) is 15.0. The molecule has 2 aliphatic carbocycles. The molecule has 122 valence electrons. The van der Waals surface area contributed by atoms with E-state index in [0.29, 0.717) is 17.9 Å². The van der Waals surface area contributed by atoms with E-state index < -0.39 is 0 Å². The number of hydrogen-bond donors (Lipinski definition) is 2. The Hall–Kier alpha value is -1.54. The van der Waals surface area contributed by atoms with Crippen LogP contribution in [0.3, 0.4) is 0 Å². The quantitative estimate of drug-likeness (QED) is 0.624. The normalized spacial score (nSPS) is 35.0. The van der Waals surface area contributed by atoms with Crippen LogP contribution in [0.2, 0.25) is 0 Å². The Balaban J connectivity index is 2.00. The summed E-state index contributed by atoms with van der Waals surface area (Å²) >= 11 is 0. The second-order valence-electron chi connectivity index (χ2n) is 8.34. The minimum atomic E-state index is 0.148. The van der Waals surface area contributed by atoms with E-state index >= 15 is 0 Å². The molecule has 2 aliphatic rings. The Morgan fingerprint density at radius 1 is 1.35 bits per heavy atom. The molecule has 0 aliphatic heterocycles. The average molecular weight is 308 g/mol. The number of H-pyrrole nitrogens is 1. The monoisotopic (exact) mass is 308 g/mol. The molecule has 0 bridgehead atoms. The molecule has 2 heteroatoms. The van der Waals surface area contributed by atoms with Crippen molar-refractivity contribution in [1.82, 2.24) is 4.98 Å². The third kappa shape index (κ3) is 1.79. The van der Waals surface area contributed by atoms with E-state index in [4.69, 9.17) is 0 Å². The predicted molar refractivity (Wildman–Crippen MR) is 96.2 cm³/mol. The molecule has 2 aromatic rings. The highest BCUT2D eigenvalue weighted by Gasteiger charge is 2.54. The molecule has 0 unspecified atom stereocenters. The molecule has 23 heavy (non-hydrogen) atoms. The van der Waals surface area contributed by atoms with Crippen LogP contribution < -0.4 is 5.32 Å². The van der Waals surface area contributed by atoms with Crippen LogP contribution >= 0.6 is 0 Å². The lowest BCUT2D eigenvalue weighted by molar-refractivity contribution is -0.654. The molecule has 1 heterocycles. The third-order valence-electron chi connectivity index (χ3n) is 7.01. The van der Waals surface area contributed by atoms with Gasteiger partial charge in [-0.3, -0.25) is 0 Å². The van der Waals surface area contributed by atoms with Crippen LogP contribution in [-0.4, -0.2) is 11.0 Å². The van der Waals surface area contributed by atoms with E-state index in [1.165, 1.54) is 34.9 Å². The number of aromatic amines is 1. The largest absolute Gasteiger partial charge is 0.475 e. The molecule has 0 radical (unpaired) electrons. The summed E-state index contributed by atoms with van der Waals surface area (Å²) in [5.41, 5.74) is 4.63. The molecular weight excluding hydrogens is 280 g/mol. The highest BCUT2D eigenvalue weighted by molar-refractivity contribution is 5.89. The van der Waals surface area contributed by atoms with Crippen molar-refractivity contribution in [2.75, 3.05) is 0 Å². The zero-order chi connectivity index (χ0) is 16.4. The van der Waals surface area contributed by atoms with Crippen molar-refractivity contribution in [3.05, 3.63) is 55.2 Å². The van der Waals surface area contributed by atoms with Crippen molar-refractivity contribution in [2.24, 2.45) is 11.3 Å². The highest BCUT2D eigenvalue weighted by atomic mass is 14.9. The molecule has 0 amide bonds. The van der Waals surface area contributed by atoms with Crippen molar-refractivity contribution < 1.29 is 5.32 Å². The minimum Gasteiger partial charge on any atom is -0.475 e. The van der Waals surface area contributed by atoms with Gasteiger partial charge in [-0.1, -0.05) is 39.0 Å². The van der Waals surface area contributed by atoms with Crippen LogP contribution in [0, 0.1) is 18.4 Å². The van der Waals surface area contributed by atoms with Gasteiger partial charge in [0, 0.05) is 28.4 Å². The lowest BCUT2D eigenvalue weighted by Gasteiger charge is -2.54. The van der Waals surface area contributed by atoms with Gasteiger partial charge in [-0.25, -0.2) is 0 Å². The van der Waals surface area contributed by atoms with E-state index in [9.17, 15) is 0 Å². The van der Waals surface area contributed by atoms with Crippen LogP contribution in [0.1, 0.15) is 50.7 Å². The van der Waals surface area contributed by atoms with Gasteiger partial charge < -0.3 is 10.3 Å². The van der Waals surface area contributed by atoms with Gasteiger partial charge in [0.2, 0.25) is 0 Å². The maximum Gasteiger partial charge on any atom is 0.0782 e. The van der Waals surface area contributed by atoms with Gasteiger partial charge in [0.05, 0.1) is 6.04 Å². The summed E-state index contributed by atoms with van der Waals surface area (Å²) in [4.78, 5) is 3.52. The van der Waals surface area contributed by atoms with Gasteiger partial charge in [-0.05, 0) is 41.4 Å². The van der Waals surface area contributed by atoms with Crippen molar-refractivity contribution >= 4 is 10.9 Å². The molecule has 1 fully saturated rings. The standard InChI is InChI=1S/C21H28N2/c1-6-21(4)11-10-15-18(19(21)22-5)13-12-23-16-9-7-8-14(17(13)16)20(15,2)3/h6-9,12,15,18-19,23H,1,5,10-11,22H2,2-4H3/t15-,18+,19+,21+/m0/s1. The zero-order valence-electron chi connectivity index (χ0n) is 14.5. The molecule has 0 saturated heterocycles. The predicted octanol–water partition coefficient (Wildman–Crippen LogP) is 3.87. The van der Waals surface area contributed by atoms with Crippen LogP contribution in [0.5, 0.6) is 0 Å². The van der Waals surface area contributed by atoms with Crippen LogP contribution in [-0.2, 0) is 5.41 Å². The fourth-order valence-electron chi connectivity index (χ4n) is 5.56. The van der Waals surface area contributed by atoms with Crippen molar-refractivity contribution in [1.29, 1.82) is 0 Å². The summed E-state index contributed by atoms with van der Waals surface area (Å²) in [5, 5.41) is 3.65. The second-order valence-corrected chi connectivity index (χ2v) is 8.34. The Morgan fingerprint density at radius 3 is 2.83 bits per heavy atom. The number of aromatic nitrogens is 1. The van der Waals surface area contributed by atoms with E-state index in [0.717, 1.165) is 0 Å². The van der Waals surface area contributed by atoms with E-state index in [2.05, 4.69) is 75.2 Å². The summed E-state index contributed by atoms with van der Waals surface area (Å²) in [5.74, 6) is 1.19. The van der Waals surface area contributed by atoms with Gasteiger partial charge in [-0.2, -0.15) is 7.05 Å². The van der Waals surface area contributed by atoms with Crippen LogP contribution in [0.25, 0.3) is 10.9 Å². The van der Waals surface area contributed by atoms with Gasteiger partial charge in [0.15, 0.2) is 0 Å². The topological polar surface area (TPSA) is 32.4 Å². The maximum atomic E-state index is 4.21. The molecule has 0 spiro atoms. The lowest BCUT2D eigenvalue weighted by Crippen LogP contribution is -2.90. The van der Waals surface area contributed by atoms with E-state index in [1.807, 2.05) is 0 Å². The molecule has 1 aromatic heterocycles. The molecule has 4 atom stereocenters. The number of hydrogen-bond acceptors (Lipinski definition) is 0. The molecular formula is C21H28N2. The Bertz CT molecular complexity index is 769. The van der Waals surface area contributed by atoms with Gasteiger partial charge in [-0.15, -0.1) is 6.58 Å².